The maximum absolute atomic E-state index is 12.8. The quantitative estimate of drug-likeness (QED) is 0.845. The zero-order chi connectivity index (χ0) is 18.1. The molecule has 1 aromatic carbocycles. The maximum atomic E-state index is 12.8. The van der Waals surface area contributed by atoms with Crippen LogP contribution >= 0.6 is 11.8 Å². The summed E-state index contributed by atoms with van der Waals surface area (Å²) in [6, 6.07) is 8.69. The summed E-state index contributed by atoms with van der Waals surface area (Å²) < 4.78 is 11.4. The molecular formula is C17H23NO5S. The van der Waals surface area contributed by atoms with Crippen molar-refractivity contribution in [2.75, 3.05) is 0 Å². The minimum Gasteiger partial charge on any atom is -0.473 e. The Morgan fingerprint density at radius 3 is 2.33 bits per heavy atom. The van der Waals surface area contributed by atoms with Crippen molar-refractivity contribution in [3.8, 4) is 0 Å². The summed E-state index contributed by atoms with van der Waals surface area (Å²) in [7, 11) is 0. The first kappa shape index (κ1) is 18.6. The van der Waals surface area contributed by atoms with Crippen LogP contribution in [0.1, 0.15) is 46.2 Å². The lowest BCUT2D eigenvalue weighted by atomic mass is 10.1. The normalized spacial score (nSPS) is 23.1. The van der Waals surface area contributed by atoms with E-state index in [1.54, 1.807) is 34.6 Å². The molecule has 132 valence electrons. The van der Waals surface area contributed by atoms with E-state index in [4.69, 9.17) is 14.6 Å². The van der Waals surface area contributed by atoms with Gasteiger partial charge in [0.2, 0.25) is 0 Å². The Morgan fingerprint density at radius 2 is 1.83 bits per heavy atom. The van der Waals surface area contributed by atoms with Crippen LogP contribution in [0.4, 0.5) is 9.59 Å². The molecule has 1 aromatic rings. The summed E-state index contributed by atoms with van der Waals surface area (Å²) in [5.74, 6) is 0. The number of benzene rings is 1. The van der Waals surface area contributed by atoms with Crippen LogP contribution in [0.15, 0.2) is 30.3 Å². The van der Waals surface area contributed by atoms with Gasteiger partial charge in [-0.2, -0.15) is 0 Å². The molecule has 1 fully saturated rings. The second-order valence-electron chi connectivity index (χ2n) is 7.02. The summed E-state index contributed by atoms with van der Waals surface area (Å²) in [6.45, 7) is 8.83. The summed E-state index contributed by atoms with van der Waals surface area (Å²) in [6.07, 6.45) is -0.533. The summed E-state index contributed by atoms with van der Waals surface area (Å²) in [5.41, 5.74) is -1.58. The molecule has 0 radical (unpaired) electrons. The molecule has 0 unspecified atom stereocenters. The molecule has 6 nitrogen and oxygen atoms in total. The van der Waals surface area contributed by atoms with E-state index in [0.717, 1.165) is 5.56 Å². The lowest BCUT2D eigenvalue weighted by molar-refractivity contribution is -0.0665. The predicted octanol–water partition coefficient (Wildman–Crippen LogP) is 4.47. The van der Waals surface area contributed by atoms with Crippen LogP contribution < -0.4 is 0 Å². The molecule has 0 aliphatic carbocycles. The predicted molar refractivity (Wildman–Crippen MR) is 91.8 cm³/mol. The number of rotatable bonds is 2. The molecule has 1 N–H and O–H groups in total. The number of thioether (sulfide) groups is 1. The van der Waals surface area contributed by atoms with Gasteiger partial charge in [0.25, 0.3) is 0 Å². The van der Waals surface area contributed by atoms with Crippen LogP contribution in [0.25, 0.3) is 0 Å². The van der Waals surface area contributed by atoms with Crippen molar-refractivity contribution in [2.24, 2.45) is 0 Å². The fourth-order valence-corrected chi connectivity index (χ4v) is 3.54. The van der Waals surface area contributed by atoms with Crippen LogP contribution in [-0.2, 0) is 9.47 Å². The first-order valence-corrected chi connectivity index (χ1v) is 8.54. The molecule has 1 aliphatic heterocycles. The molecule has 0 saturated carbocycles. The number of nitrogens with zero attached hydrogens (tertiary/aromatic N) is 1. The van der Waals surface area contributed by atoms with Gasteiger partial charge in [-0.3, -0.25) is 4.90 Å². The van der Waals surface area contributed by atoms with Gasteiger partial charge in [0.15, 0.2) is 0 Å². The Hall–Kier alpha value is -1.73. The highest BCUT2D eigenvalue weighted by Crippen LogP contribution is 2.46. The molecule has 1 amide bonds. The number of hydrogen-bond acceptors (Lipinski definition) is 5. The van der Waals surface area contributed by atoms with Crippen molar-refractivity contribution in [2.45, 2.75) is 57.4 Å². The van der Waals surface area contributed by atoms with E-state index in [1.807, 2.05) is 30.3 Å². The van der Waals surface area contributed by atoms with E-state index in [0.29, 0.717) is 11.8 Å². The first-order valence-electron chi connectivity index (χ1n) is 7.66. The second-order valence-corrected chi connectivity index (χ2v) is 8.07. The topological polar surface area (TPSA) is 76.1 Å². The van der Waals surface area contributed by atoms with Gasteiger partial charge in [-0.15, -0.1) is 0 Å². The van der Waals surface area contributed by atoms with Gasteiger partial charge < -0.3 is 14.6 Å². The highest BCUT2D eigenvalue weighted by Gasteiger charge is 2.52. The Bertz CT molecular complexity index is 611. The highest BCUT2D eigenvalue weighted by atomic mass is 32.2. The molecular weight excluding hydrogens is 330 g/mol. The Balaban J connectivity index is 2.43. The smallest absolute Gasteiger partial charge is 0.413 e. The van der Waals surface area contributed by atoms with Crippen LogP contribution in [0.2, 0.25) is 0 Å². The molecule has 2 rings (SSSR count). The van der Waals surface area contributed by atoms with Crippen molar-refractivity contribution < 1.29 is 24.2 Å². The third kappa shape index (κ3) is 4.21. The maximum Gasteiger partial charge on any atom is 0.413 e. The van der Waals surface area contributed by atoms with Gasteiger partial charge >= 0.3 is 11.4 Å². The van der Waals surface area contributed by atoms with Crippen LogP contribution in [0.5, 0.6) is 0 Å². The summed E-state index contributed by atoms with van der Waals surface area (Å²) in [4.78, 5) is 25.4. The number of carbonyl (C=O) groups excluding carboxylic acids is 1. The number of amides is 1. The lowest BCUT2D eigenvalue weighted by Gasteiger charge is -2.35. The van der Waals surface area contributed by atoms with Gasteiger partial charge in [0, 0.05) is 0 Å². The number of carboxylic acid groups (broad SMARTS) is 1. The third-order valence-electron chi connectivity index (χ3n) is 3.47. The van der Waals surface area contributed by atoms with E-state index in [2.05, 4.69) is 0 Å². The Labute approximate surface area is 146 Å². The van der Waals surface area contributed by atoms with Gasteiger partial charge in [-0.05, 0) is 51.9 Å². The fraction of sp³-hybridized carbons (Fsp3) is 0.529. The molecule has 0 aromatic heterocycles. The van der Waals surface area contributed by atoms with Gasteiger partial charge in [-0.25, -0.2) is 9.59 Å². The molecule has 24 heavy (non-hydrogen) atoms. The number of carbonyl (C=O) groups is 2. The average Bonchev–Trinajstić information content (AvgIpc) is 2.67. The molecule has 1 aliphatic rings. The van der Waals surface area contributed by atoms with E-state index in [1.165, 1.54) is 4.90 Å². The van der Waals surface area contributed by atoms with E-state index >= 15 is 0 Å². The number of ether oxygens (including phenoxy) is 2. The summed E-state index contributed by atoms with van der Waals surface area (Å²) in [5, 5.41) is 8.12. The van der Waals surface area contributed by atoms with E-state index < -0.39 is 34.2 Å². The minimum atomic E-state index is -1.05. The monoisotopic (exact) mass is 353 g/mol. The third-order valence-corrected chi connectivity index (χ3v) is 4.26. The summed E-state index contributed by atoms with van der Waals surface area (Å²) >= 11 is 0.651. The fourth-order valence-electron chi connectivity index (χ4n) is 2.65. The van der Waals surface area contributed by atoms with E-state index in [-0.39, 0.29) is 0 Å². The Kier molecular flexibility index (Phi) is 5.15. The molecule has 2 atom stereocenters. The molecule has 7 heteroatoms. The zero-order valence-corrected chi connectivity index (χ0v) is 15.3. The average molecular weight is 353 g/mol. The Morgan fingerprint density at radius 1 is 1.25 bits per heavy atom. The van der Waals surface area contributed by atoms with Gasteiger partial charge in [0.05, 0.1) is 6.04 Å². The van der Waals surface area contributed by atoms with Crippen molar-refractivity contribution in [3.05, 3.63) is 35.9 Å². The highest BCUT2D eigenvalue weighted by molar-refractivity contribution is 8.13. The largest absolute Gasteiger partial charge is 0.473 e. The lowest BCUT2D eigenvalue weighted by Crippen LogP contribution is -2.47. The molecule has 0 bridgehead atoms. The van der Waals surface area contributed by atoms with Crippen molar-refractivity contribution >= 4 is 23.2 Å². The van der Waals surface area contributed by atoms with Crippen molar-refractivity contribution in [1.82, 2.24) is 4.90 Å². The molecule has 1 heterocycles. The molecule has 1 saturated heterocycles. The SMILES string of the molecule is CC(C)(C)OC(=O)N1[C@@H](c2ccccc2)[C@@H](SC(=O)O)OC1(C)C. The standard InChI is InChI=1S/C17H23NO5S/c1-16(2,3)23-14(19)18-12(11-9-7-6-8-10-11)13(24-15(20)21)22-17(18,4)5/h6-10,12-13H,1-5H3,(H,20,21)/t12-,13+/m0/s1. The number of hydrogen-bond donors (Lipinski definition) is 1. The van der Waals surface area contributed by atoms with Crippen LogP contribution in [-0.4, -0.2) is 38.2 Å². The first-order chi connectivity index (χ1) is 11.0. The zero-order valence-electron chi connectivity index (χ0n) is 14.5. The van der Waals surface area contributed by atoms with Crippen LogP contribution in [0, 0.1) is 0 Å². The van der Waals surface area contributed by atoms with Gasteiger partial charge in [-0.1, -0.05) is 30.3 Å². The van der Waals surface area contributed by atoms with Crippen LogP contribution in [0.3, 0.4) is 0 Å². The minimum absolute atomic E-state index is 0.533. The van der Waals surface area contributed by atoms with E-state index in [9.17, 15) is 9.59 Å². The van der Waals surface area contributed by atoms with Crippen molar-refractivity contribution in [3.63, 3.8) is 0 Å². The second kappa shape index (κ2) is 6.64. The molecule has 0 spiro atoms. The van der Waals surface area contributed by atoms with Gasteiger partial charge in [0.1, 0.15) is 16.8 Å². The van der Waals surface area contributed by atoms with Crippen molar-refractivity contribution in [1.29, 1.82) is 0 Å².